The summed E-state index contributed by atoms with van der Waals surface area (Å²) in [6, 6.07) is 8.28. The zero-order valence-corrected chi connectivity index (χ0v) is 23.8. The number of rotatable bonds is 9. The Morgan fingerprint density at radius 3 is 2.68 bits per heavy atom. The van der Waals surface area contributed by atoms with Crippen molar-refractivity contribution < 1.29 is 15.1 Å². The Labute approximate surface area is 243 Å². The number of hydrogen-bond acceptors (Lipinski definition) is 9. The van der Waals surface area contributed by atoms with E-state index in [9.17, 15) is 10.0 Å². The van der Waals surface area contributed by atoms with Crippen molar-refractivity contribution in [3.05, 3.63) is 73.8 Å². The number of benzene rings is 1. The smallest absolute Gasteiger partial charge is 0.267 e. The number of halogens is 1. The predicted octanol–water partition coefficient (Wildman–Crippen LogP) is 3.86. The van der Waals surface area contributed by atoms with Gasteiger partial charge in [-0.25, -0.2) is 0 Å². The van der Waals surface area contributed by atoms with Gasteiger partial charge in [-0.05, 0) is 91.8 Å². The summed E-state index contributed by atoms with van der Waals surface area (Å²) in [7, 11) is 1.64. The Morgan fingerprint density at radius 2 is 2.02 bits per heavy atom. The number of aromatic amines is 1. The van der Waals surface area contributed by atoms with Gasteiger partial charge >= 0.3 is 0 Å². The maximum absolute atomic E-state index is 12.3. The topological polar surface area (TPSA) is 172 Å². The summed E-state index contributed by atoms with van der Waals surface area (Å²) in [5.74, 6) is 1.30. The van der Waals surface area contributed by atoms with Crippen molar-refractivity contribution in [2.45, 2.75) is 62.9 Å². The number of aromatic nitrogens is 2. The second-order valence-electron chi connectivity index (χ2n) is 10.9. The van der Waals surface area contributed by atoms with Crippen molar-refractivity contribution >= 4 is 23.5 Å². The average molecular weight is 581 g/mol. The Hall–Kier alpha value is -3.28. The van der Waals surface area contributed by atoms with E-state index in [0.29, 0.717) is 29.0 Å². The van der Waals surface area contributed by atoms with E-state index < -0.39 is 0 Å². The molecule has 2 aromatic heterocycles. The fourth-order valence-electron chi connectivity index (χ4n) is 5.59. The third kappa shape index (κ3) is 6.47. The lowest BCUT2D eigenvalue weighted by Gasteiger charge is -2.21. The molecule has 10 nitrogen and oxygen atoms in total. The van der Waals surface area contributed by atoms with Gasteiger partial charge < -0.3 is 31.5 Å². The summed E-state index contributed by atoms with van der Waals surface area (Å²) < 4.78 is 5.62. The molecule has 2 atom stereocenters. The average Bonchev–Trinajstić information content (AvgIpc) is 3.91. The third-order valence-electron chi connectivity index (χ3n) is 8.00. The molecule has 0 radical (unpaired) electrons. The van der Waals surface area contributed by atoms with Crippen molar-refractivity contribution in [1.29, 1.82) is 0 Å². The maximum Gasteiger partial charge on any atom is 0.267 e. The number of aliphatic imine (C=N–C) groups is 1. The van der Waals surface area contributed by atoms with E-state index in [1.54, 1.807) is 19.4 Å². The van der Waals surface area contributed by atoms with Crippen molar-refractivity contribution in [3.8, 4) is 17.0 Å². The number of aliphatic hydroxyl groups excluding tert-OH is 1. The molecule has 218 valence electrons. The maximum atomic E-state index is 12.3. The number of pyridine rings is 2. The highest BCUT2D eigenvalue weighted by atomic mass is 35.5. The fourth-order valence-corrected chi connectivity index (χ4v) is 5.80. The normalized spacial score (nSPS) is 18.6. The quantitative estimate of drug-likeness (QED) is 0.0958. The molecule has 2 heterocycles. The molecule has 2 fully saturated rings. The molecule has 0 bridgehead atoms. The number of ether oxygens (including phenoxy) is 1. The number of H-pyrrole nitrogens is 1. The first kappa shape index (κ1) is 29.2. The monoisotopic (exact) mass is 580 g/mol. The van der Waals surface area contributed by atoms with Crippen molar-refractivity contribution in [1.82, 2.24) is 15.4 Å². The summed E-state index contributed by atoms with van der Waals surface area (Å²) in [5, 5.41) is 17.4. The van der Waals surface area contributed by atoms with Crippen LogP contribution in [0.2, 0.25) is 5.02 Å². The second kappa shape index (κ2) is 12.7. The number of methoxy groups -OCH3 is 1. The van der Waals surface area contributed by atoms with Crippen molar-refractivity contribution in [2.75, 3.05) is 19.6 Å². The molecular weight excluding hydrogens is 544 g/mol. The Bertz CT molecular complexity index is 1480. The van der Waals surface area contributed by atoms with Crippen LogP contribution in [-0.2, 0) is 12.8 Å². The van der Waals surface area contributed by atoms with Gasteiger partial charge in [-0.3, -0.25) is 14.8 Å². The number of fused-ring (bicyclic) bond motifs is 1. The van der Waals surface area contributed by atoms with Crippen LogP contribution in [-0.4, -0.2) is 46.4 Å². The van der Waals surface area contributed by atoms with Crippen LogP contribution in [0.4, 0.5) is 5.69 Å². The van der Waals surface area contributed by atoms with Gasteiger partial charge in [0.15, 0.2) is 0 Å². The minimum absolute atomic E-state index is 0.130. The molecule has 2 unspecified atom stereocenters. The van der Waals surface area contributed by atoms with Gasteiger partial charge in [-0.2, -0.15) is 5.48 Å². The summed E-state index contributed by atoms with van der Waals surface area (Å²) in [6.07, 6.45) is 10.3. The standard InChI is InChI=1S/C29H32ClN5O3.CH5NO/c1-38-25-12-15(10-17(27(25)31)14-33-18-4-5-18)11-21(16-2-3-16)24-13-22-19(6-7-23(22)35-37)28(34-24)20-8-9-32-29(36)26(20)30;2-1-3/h8-10,12-14,16,18,21,23,35,37H,2-7,11,31H2,1H3,(H,32,36);3H,1-2H2. The zero-order valence-electron chi connectivity index (χ0n) is 23.1. The van der Waals surface area contributed by atoms with E-state index in [0.717, 1.165) is 78.6 Å². The lowest BCUT2D eigenvalue weighted by molar-refractivity contribution is 0.126. The Balaban J connectivity index is 0.00000108. The number of hydrogen-bond donors (Lipinski definition) is 6. The molecule has 0 saturated heterocycles. The van der Waals surface area contributed by atoms with E-state index in [4.69, 9.17) is 32.2 Å². The highest BCUT2D eigenvalue weighted by Gasteiger charge is 2.36. The third-order valence-corrected chi connectivity index (χ3v) is 8.38. The zero-order chi connectivity index (χ0) is 29.1. The first-order valence-electron chi connectivity index (χ1n) is 14.0. The number of nitrogens with zero attached hydrogens (tertiary/aromatic N) is 2. The van der Waals surface area contributed by atoms with Crippen LogP contribution in [0.15, 0.2) is 40.2 Å². The number of nitrogens with two attached hydrogens (primary N) is 2. The van der Waals surface area contributed by atoms with Crippen LogP contribution >= 0.6 is 11.6 Å². The number of aliphatic hydroxyl groups is 1. The summed E-state index contributed by atoms with van der Waals surface area (Å²) in [4.78, 5) is 24.8. The van der Waals surface area contributed by atoms with Crippen LogP contribution in [0.5, 0.6) is 5.75 Å². The molecular formula is C30H37ClN6O4. The van der Waals surface area contributed by atoms with Gasteiger partial charge in [0.05, 0.1) is 37.3 Å². The van der Waals surface area contributed by atoms with E-state index in [2.05, 4.69) is 33.3 Å². The summed E-state index contributed by atoms with van der Waals surface area (Å²) >= 11 is 6.47. The van der Waals surface area contributed by atoms with Gasteiger partial charge in [-0.15, -0.1) is 0 Å². The van der Waals surface area contributed by atoms with E-state index in [1.165, 1.54) is 0 Å². The number of hydroxylamine groups is 1. The number of nitrogen functional groups attached to an aromatic ring is 1. The van der Waals surface area contributed by atoms with Gasteiger partial charge in [0, 0.05) is 35.2 Å². The first-order valence-corrected chi connectivity index (χ1v) is 14.4. The largest absolute Gasteiger partial charge is 0.495 e. The molecule has 3 aliphatic rings. The van der Waals surface area contributed by atoms with Crippen LogP contribution in [0.1, 0.15) is 72.0 Å². The van der Waals surface area contributed by atoms with Crippen molar-refractivity contribution in [2.24, 2.45) is 16.6 Å². The number of anilines is 1. The molecule has 0 spiro atoms. The molecule has 11 heteroatoms. The minimum Gasteiger partial charge on any atom is -0.495 e. The highest BCUT2D eigenvalue weighted by molar-refractivity contribution is 6.33. The first-order chi connectivity index (χ1) is 19.9. The Morgan fingerprint density at radius 1 is 1.27 bits per heavy atom. The Kier molecular flexibility index (Phi) is 9.06. The predicted molar refractivity (Wildman–Crippen MR) is 160 cm³/mol. The van der Waals surface area contributed by atoms with Crippen LogP contribution < -0.4 is 27.2 Å². The SMILES string of the molecule is COc1cc(CC(c2cc3c(c(-c4cc[nH]c(=O)c4Cl)n2)CCC3NO)C2CC2)cc(C=NC2CC2)c1N.NCO. The molecule has 1 aromatic carbocycles. The lowest BCUT2D eigenvalue weighted by atomic mass is 9.88. The van der Waals surface area contributed by atoms with Crippen LogP contribution in [0, 0.1) is 5.92 Å². The van der Waals surface area contributed by atoms with Crippen LogP contribution in [0.25, 0.3) is 11.3 Å². The lowest BCUT2D eigenvalue weighted by Crippen LogP contribution is -2.16. The number of nitrogens with one attached hydrogen (secondary N) is 2. The van der Waals surface area contributed by atoms with E-state index in [-0.39, 0.29) is 29.3 Å². The van der Waals surface area contributed by atoms with Gasteiger partial charge in [0.2, 0.25) is 0 Å². The highest BCUT2D eigenvalue weighted by Crippen LogP contribution is 2.47. The molecule has 41 heavy (non-hydrogen) atoms. The summed E-state index contributed by atoms with van der Waals surface area (Å²) in [5.41, 5.74) is 19.8. The molecule has 3 aromatic rings. The molecule has 0 amide bonds. The van der Waals surface area contributed by atoms with E-state index in [1.807, 2.05) is 12.3 Å². The van der Waals surface area contributed by atoms with Gasteiger partial charge in [0.1, 0.15) is 10.8 Å². The molecule has 2 saturated carbocycles. The summed E-state index contributed by atoms with van der Waals surface area (Å²) in [6.45, 7) is -0.250. The molecule has 0 aliphatic heterocycles. The fraction of sp³-hybridized carbons (Fsp3) is 0.433. The van der Waals surface area contributed by atoms with Crippen molar-refractivity contribution in [3.63, 3.8) is 0 Å². The van der Waals surface area contributed by atoms with E-state index >= 15 is 0 Å². The van der Waals surface area contributed by atoms with Gasteiger partial charge in [-0.1, -0.05) is 11.6 Å². The van der Waals surface area contributed by atoms with Gasteiger partial charge in [0.25, 0.3) is 5.56 Å². The second-order valence-corrected chi connectivity index (χ2v) is 11.2. The molecule has 3 aliphatic carbocycles. The molecule has 8 N–H and O–H groups in total. The minimum atomic E-state index is -0.340. The van der Waals surface area contributed by atoms with Crippen LogP contribution in [0.3, 0.4) is 0 Å². The molecule has 6 rings (SSSR count).